The van der Waals surface area contributed by atoms with Crippen LogP contribution in [0.4, 0.5) is 10.5 Å². The topological polar surface area (TPSA) is 84.9 Å². The number of urea groups is 1. The summed E-state index contributed by atoms with van der Waals surface area (Å²) in [4.78, 5) is 14.6. The summed E-state index contributed by atoms with van der Waals surface area (Å²) in [7, 11) is -2.04. The molecular formula is C20H26N2O5S. The molecule has 1 atom stereocenters. The lowest BCUT2D eigenvalue weighted by Crippen LogP contribution is -2.40. The Morgan fingerprint density at radius 1 is 1.14 bits per heavy atom. The Morgan fingerprint density at radius 2 is 1.82 bits per heavy atom. The summed E-state index contributed by atoms with van der Waals surface area (Å²) in [5, 5.41) is 2.88. The molecule has 0 heterocycles. The second kappa shape index (κ2) is 9.45. The number of methoxy groups -OCH3 is 1. The Kier molecular flexibility index (Phi) is 7.28. The number of amides is 2. The van der Waals surface area contributed by atoms with E-state index in [1.807, 2.05) is 19.9 Å². The van der Waals surface area contributed by atoms with Gasteiger partial charge in [-0.2, -0.15) is 8.42 Å². The highest BCUT2D eigenvalue weighted by Gasteiger charge is 2.20. The fraction of sp³-hybridized carbons (Fsp3) is 0.350. The van der Waals surface area contributed by atoms with Crippen LogP contribution < -0.4 is 14.2 Å². The van der Waals surface area contributed by atoms with Gasteiger partial charge in [-0.3, -0.25) is 0 Å². The Bertz CT molecular complexity index is 914. The first-order valence-electron chi connectivity index (χ1n) is 8.92. The predicted octanol–water partition coefficient (Wildman–Crippen LogP) is 3.87. The zero-order valence-electron chi connectivity index (χ0n) is 16.5. The van der Waals surface area contributed by atoms with Gasteiger partial charge in [0.05, 0.1) is 13.4 Å². The highest BCUT2D eigenvalue weighted by atomic mass is 32.2. The molecule has 0 saturated carbocycles. The minimum absolute atomic E-state index is 0.0231. The van der Waals surface area contributed by atoms with Gasteiger partial charge in [0.25, 0.3) is 0 Å². The number of hydrogen-bond acceptors (Lipinski definition) is 5. The van der Waals surface area contributed by atoms with Crippen LogP contribution in [0.5, 0.6) is 11.5 Å². The zero-order valence-corrected chi connectivity index (χ0v) is 17.3. The van der Waals surface area contributed by atoms with E-state index in [1.54, 1.807) is 54.5 Å². The molecule has 0 saturated heterocycles. The maximum Gasteiger partial charge on any atom is 0.322 e. The number of nitrogens with zero attached hydrogens (tertiary/aromatic N) is 1. The highest BCUT2D eigenvalue weighted by molar-refractivity contribution is 7.86. The van der Waals surface area contributed by atoms with E-state index in [0.29, 0.717) is 18.0 Å². The third-order valence-electron chi connectivity index (χ3n) is 4.20. The molecule has 152 valence electrons. The molecule has 0 spiro atoms. The smallest absolute Gasteiger partial charge is 0.322 e. The summed E-state index contributed by atoms with van der Waals surface area (Å²) in [6.45, 7) is 4.27. The van der Waals surface area contributed by atoms with E-state index in [0.717, 1.165) is 18.2 Å². The Labute approximate surface area is 166 Å². The minimum Gasteiger partial charge on any atom is -0.497 e. The van der Waals surface area contributed by atoms with Gasteiger partial charge in [-0.25, -0.2) is 4.79 Å². The maximum absolute atomic E-state index is 12.9. The van der Waals surface area contributed by atoms with Gasteiger partial charge < -0.3 is 19.1 Å². The highest BCUT2D eigenvalue weighted by Crippen LogP contribution is 2.21. The molecule has 0 aliphatic carbocycles. The molecule has 2 aromatic carbocycles. The van der Waals surface area contributed by atoms with Crippen molar-refractivity contribution >= 4 is 21.8 Å². The van der Waals surface area contributed by atoms with Gasteiger partial charge in [-0.15, -0.1) is 0 Å². The fourth-order valence-electron chi connectivity index (χ4n) is 2.61. The summed E-state index contributed by atoms with van der Waals surface area (Å²) < 4.78 is 32.8. The Balaban J connectivity index is 2.19. The van der Waals surface area contributed by atoms with Gasteiger partial charge in [0.15, 0.2) is 0 Å². The molecule has 0 radical (unpaired) electrons. The summed E-state index contributed by atoms with van der Waals surface area (Å²) >= 11 is 0. The van der Waals surface area contributed by atoms with Gasteiger partial charge in [-0.05, 0) is 43.2 Å². The van der Waals surface area contributed by atoms with E-state index in [-0.39, 0.29) is 17.8 Å². The van der Waals surface area contributed by atoms with Crippen LogP contribution >= 0.6 is 0 Å². The molecule has 8 heteroatoms. The van der Waals surface area contributed by atoms with Crippen LogP contribution in [-0.2, 0) is 16.7 Å². The standard InChI is InChI=1S/C20H26N2O5S/c1-5-15(2)22(20(23)21-17-9-7-10-18(13-17)26-3)14-16-8-6-11-19(12-16)27-28(4,24)25/h6-13,15H,5,14H2,1-4H3,(H,21,23). The molecule has 0 aromatic heterocycles. The lowest BCUT2D eigenvalue weighted by molar-refractivity contribution is 0.187. The first-order valence-corrected chi connectivity index (χ1v) is 10.7. The summed E-state index contributed by atoms with van der Waals surface area (Å²) in [5.41, 5.74) is 1.40. The second-order valence-electron chi connectivity index (χ2n) is 6.48. The van der Waals surface area contributed by atoms with Gasteiger partial charge >= 0.3 is 16.1 Å². The first-order chi connectivity index (χ1) is 13.2. The van der Waals surface area contributed by atoms with Crippen LogP contribution in [0.3, 0.4) is 0 Å². The molecule has 1 unspecified atom stereocenters. The largest absolute Gasteiger partial charge is 0.497 e. The number of ether oxygens (including phenoxy) is 1. The van der Waals surface area contributed by atoms with Gasteiger partial charge in [0, 0.05) is 24.3 Å². The average molecular weight is 407 g/mol. The van der Waals surface area contributed by atoms with E-state index >= 15 is 0 Å². The Morgan fingerprint density at radius 3 is 2.46 bits per heavy atom. The van der Waals surface area contributed by atoms with Gasteiger partial charge in [0.2, 0.25) is 0 Å². The van der Waals surface area contributed by atoms with E-state index in [1.165, 1.54) is 0 Å². The number of rotatable bonds is 8. The van der Waals surface area contributed by atoms with Crippen molar-refractivity contribution in [3.05, 3.63) is 54.1 Å². The quantitative estimate of drug-likeness (QED) is 0.673. The van der Waals surface area contributed by atoms with E-state index in [2.05, 4.69) is 5.32 Å². The number of carbonyl (C=O) groups excluding carboxylic acids is 1. The molecule has 0 aliphatic heterocycles. The van der Waals surface area contributed by atoms with Crippen LogP contribution in [0.2, 0.25) is 0 Å². The van der Waals surface area contributed by atoms with Crippen LogP contribution in [0, 0.1) is 0 Å². The monoisotopic (exact) mass is 406 g/mol. The summed E-state index contributed by atoms with van der Waals surface area (Å²) in [6.07, 6.45) is 1.76. The van der Waals surface area contributed by atoms with Crippen molar-refractivity contribution in [2.75, 3.05) is 18.7 Å². The summed E-state index contributed by atoms with van der Waals surface area (Å²) in [6, 6.07) is 13.6. The Hall–Kier alpha value is -2.74. The van der Waals surface area contributed by atoms with Crippen LogP contribution in [0.15, 0.2) is 48.5 Å². The molecule has 7 nitrogen and oxygen atoms in total. The second-order valence-corrected chi connectivity index (χ2v) is 8.06. The molecule has 0 aliphatic rings. The number of anilines is 1. The maximum atomic E-state index is 12.9. The first kappa shape index (κ1) is 21.6. The van der Waals surface area contributed by atoms with Crippen molar-refractivity contribution in [3.63, 3.8) is 0 Å². The van der Waals surface area contributed by atoms with Crippen LogP contribution in [0.1, 0.15) is 25.8 Å². The SMILES string of the molecule is CCC(C)N(Cc1cccc(OS(C)(=O)=O)c1)C(=O)Nc1cccc(OC)c1. The molecule has 2 amide bonds. The molecule has 0 bridgehead atoms. The molecule has 28 heavy (non-hydrogen) atoms. The van der Waals surface area contributed by atoms with Crippen molar-refractivity contribution < 1.29 is 22.1 Å². The van der Waals surface area contributed by atoms with Crippen molar-refractivity contribution in [2.45, 2.75) is 32.9 Å². The molecule has 2 aromatic rings. The van der Waals surface area contributed by atoms with Gasteiger partial charge in [-0.1, -0.05) is 25.1 Å². The number of hydrogen-bond donors (Lipinski definition) is 1. The zero-order chi connectivity index (χ0) is 20.7. The predicted molar refractivity (Wildman–Crippen MR) is 109 cm³/mol. The lowest BCUT2D eigenvalue weighted by Gasteiger charge is -2.29. The normalized spacial score (nSPS) is 12.1. The third kappa shape index (κ3) is 6.45. The number of carbonyl (C=O) groups is 1. The number of nitrogens with one attached hydrogen (secondary N) is 1. The van der Waals surface area contributed by atoms with E-state index in [9.17, 15) is 13.2 Å². The van der Waals surface area contributed by atoms with Gasteiger partial charge in [0.1, 0.15) is 11.5 Å². The van der Waals surface area contributed by atoms with Crippen molar-refractivity contribution in [3.8, 4) is 11.5 Å². The average Bonchev–Trinajstić information content (AvgIpc) is 2.64. The minimum atomic E-state index is -3.61. The molecule has 0 fully saturated rings. The van der Waals surface area contributed by atoms with Crippen molar-refractivity contribution in [2.24, 2.45) is 0 Å². The third-order valence-corrected chi connectivity index (χ3v) is 4.70. The van der Waals surface area contributed by atoms with Crippen molar-refractivity contribution in [1.29, 1.82) is 0 Å². The lowest BCUT2D eigenvalue weighted by atomic mass is 10.1. The van der Waals surface area contributed by atoms with E-state index < -0.39 is 10.1 Å². The van der Waals surface area contributed by atoms with Crippen molar-refractivity contribution in [1.82, 2.24) is 4.90 Å². The van der Waals surface area contributed by atoms with E-state index in [4.69, 9.17) is 8.92 Å². The summed E-state index contributed by atoms with van der Waals surface area (Å²) in [5.74, 6) is 0.871. The molecular weight excluding hydrogens is 380 g/mol. The fourth-order valence-corrected chi connectivity index (χ4v) is 3.06. The molecule has 2 rings (SSSR count). The molecule has 1 N–H and O–H groups in total. The number of benzene rings is 2. The van der Waals surface area contributed by atoms with Crippen LogP contribution in [0.25, 0.3) is 0 Å². The van der Waals surface area contributed by atoms with Crippen LogP contribution in [-0.4, -0.2) is 38.8 Å².